The molecule has 0 saturated carbocycles. The molecule has 0 aliphatic rings. The van der Waals surface area contributed by atoms with Gasteiger partial charge in [-0.15, -0.1) is 5.10 Å². The molecule has 2 N–H and O–H groups in total. The standard InChI is InChI=1S/C9H9ClN6O/c1-2-6-13-8(16-15-6)9(17)14-7-3-5(10)11-4-12-7/h3-4H,2H2,1H3,(H,13,15,16)(H,11,12,14,17). The van der Waals surface area contributed by atoms with E-state index in [0.717, 1.165) is 0 Å². The van der Waals surface area contributed by atoms with Crippen molar-refractivity contribution in [2.24, 2.45) is 0 Å². The first-order chi connectivity index (χ1) is 8.19. The second kappa shape index (κ2) is 4.88. The van der Waals surface area contributed by atoms with Gasteiger partial charge in [0.25, 0.3) is 5.91 Å². The van der Waals surface area contributed by atoms with Crippen LogP contribution in [0.15, 0.2) is 12.4 Å². The van der Waals surface area contributed by atoms with Crippen LogP contribution in [0.2, 0.25) is 5.15 Å². The van der Waals surface area contributed by atoms with Crippen LogP contribution in [-0.2, 0) is 6.42 Å². The van der Waals surface area contributed by atoms with E-state index in [4.69, 9.17) is 11.6 Å². The Kier molecular flexibility index (Phi) is 3.29. The SMILES string of the molecule is CCc1nc(C(=O)Nc2cc(Cl)ncn2)n[nH]1. The molecule has 0 aliphatic carbocycles. The molecule has 0 radical (unpaired) electrons. The van der Waals surface area contributed by atoms with Crippen LogP contribution < -0.4 is 5.32 Å². The lowest BCUT2D eigenvalue weighted by molar-refractivity contribution is 0.101. The molecule has 0 fully saturated rings. The highest BCUT2D eigenvalue weighted by Gasteiger charge is 2.12. The van der Waals surface area contributed by atoms with E-state index < -0.39 is 5.91 Å². The fourth-order valence-electron chi connectivity index (χ4n) is 1.13. The maximum atomic E-state index is 11.7. The number of hydrogen-bond acceptors (Lipinski definition) is 5. The molecule has 17 heavy (non-hydrogen) atoms. The summed E-state index contributed by atoms with van der Waals surface area (Å²) < 4.78 is 0. The van der Waals surface area contributed by atoms with Crippen LogP contribution in [-0.4, -0.2) is 31.1 Å². The minimum Gasteiger partial charge on any atom is -0.304 e. The van der Waals surface area contributed by atoms with Gasteiger partial charge in [-0.25, -0.2) is 15.0 Å². The lowest BCUT2D eigenvalue weighted by Crippen LogP contribution is -2.14. The van der Waals surface area contributed by atoms with Crippen LogP contribution in [0.25, 0.3) is 0 Å². The van der Waals surface area contributed by atoms with Gasteiger partial charge in [-0.05, 0) is 0 Å². The Morgan fingerprint density at radius 1 is 1.53 bits per heavy atom. The molecule has 0 aliphatic heterocycles. The second-order valence-corrected chi connectivity index (χ2v) is 3.53. The van der Waals surface area contributed by atoms with Crippen molar-refractivity contribution in [3.8, 4) is 0 Å². The Balaban J connectivity index is 2.11. The summed E-state index contributed by atoms with van der Waals surface area (Å²) in [7, 11) is 0. The van der Waals surface area contributed by atoms with E-state index in [1.54, 1.807) is 0 Å². The van der Waals surface area contributed by atoms with E-state index in [1.165, 1.54) is 12.4 Å². The van der Waals surface area contributed by atoms with Gasteiger partial charge in [0, 0.05) is 12.5 Å². The van der Waals surface area contributed by atoms with Crippen molar-refractivity contribution in [3.05, 3.63) is 29.2 Å². The number of halogens is 1. The van der Waals surface area contributed by atoms with E-state index in [1.807, 2.05) is 6.92 Å². The first-order valence-electron chi connectivity index (χ1n) is 4.89. The Morgan fingerprint density at radius 2 is 2.35 bits per heavy atom. The van der Waals surface area contributed by atoms with Crippen LogP contribution in [0.4, 0.5) is 5.82 Å². The molecule has 0 bridgehead atoms. The monoisotopic (exact) mass is 252 g/mol. The minimum absolute atomic E-state index is 0.0663. The Labute approximate surface area is 102 Å². The van der Waals surface area contributed by atoms with Crippen molar-refractivity contribution < 1.29 is 4.79 Å². The van der Waals surface area contributed by atoms with Crippen LogP contribution >= 0.6 is 11.6 Å². The second-order valence-electron chi connectivity index (χ2n) is 3.14. The Hall–Kier alpha value is -2.02. The predicted octanol–water partition coefficient (Wildman–Crippen LogP) is 1.06. The summed E-state index contributed by atoms with van der Waals surface area (Å²) in [5, 5.41) is 9.20. The van der Waals surface area contributed by atoms with Gasteiger partial charge in [0.05, 0.1) is 0 Å². The maximum Gasteiger partial charge on any atom is 0.296 e. The summed E-state index contributed by atoms with van der Waals surface area (Å²) in [5.74, 6) is 0.570. The van der Waals surface area contributed by atoms with Gasteiger partial charge in [-0.2, -0.15) is 0 Å². The van der Waals surface area contributed by atoms with E-state index in [2.05, 4.69) is 30.5 Å². The first-order valence-corrected chi connectivity index (χ1v) is 5.27. The Morgan fingerprint density at radius 3 is 3.00 bits per heavy atom. The van der Waals surface area contributed by atoms with Crippen LogP contribution in [0.1, 0.15) is 23.4 Å². The van der Waals surface area contributed by atoms with Crippen molar-refractivity contribution >= 4 is 23.3 Å². The molecule has 0 unspecified atom stereocenters. The summed E-state index contributed by atoms with van der Waals surface area (Å²) in [6.45, 7) is 1.91. The van der Waals surface area contributed by atoms with Crippen LogP contribution in [0.5, 0.6) is 0 Å². The lowest BCUT2D eigenvalue weighted by atomic mass is 10.4. The number of carbonyl (C=O) groups excluding carboxylic acids is 1. The fraction of sp³-hybridized carbons (Fsp3) is 0.222. The van der Waals surface area contributed by atoms with E-state index in [9.17, 15) is 4.79 Å². The summed E-state index contributed by atoms with van der Waals surface area (Å²) in [4.78, 5) is 23.2. The number of aryl methyl sites for hydroxylation is 1. The highest BCUT2D eigenvalue weighted by Crippen LogP contribution is 2.09. The van der Waals surface area contributed by atoms with Crippen molar-refractivity contribution in [2.45, 2.75) is 13.3 Å². The van der Waals surface area contributed by atoms with E-state index in [-0.39, 0.29) is 11.0 Å². The minimum atomic E-state index is -0.448. The van der Waals surface area contributed by atoms with Crippen LogP contribution in [0.3, 0.4) is 0 Å². The lowest BCUT2D eigenvalue weighted by Gasteiger charge is -2.00. The number of hydrogen-bond donors (Lipinski definition) is 2. The summed E-state index contributed by atoms with van der Waals surface area (Å²) in [5.41, 5.74) is 0. The first kappa shape index (κ1) is 11.5. The number of aromatic nitrogens is 5. The zero-order valence-corrected chi connectivity index (χ0v) is 9.69. The van der Waals surface area contributed by atoms with Gasteiger partial charge in [0.2, 0.25) is 5.82 Å². The molecule has 2 aromatic rings. The third-order valence-electron chi connectivity index (χ3n) is 1.95. The topological polar surface area (TPSA) is 96.5 Å². The van der Waals surface area contributed by atoms with Crippen molar-refractivity contribution in [2.75, 3.05) is 5.32 Å². The number of rotatable bonds is 3. The van der Waals surface area contributed by atoms with Crippen LogP contribution in [0, 0.1) is 0 Å². The third-order valence-corrected chi connectivity index (χ3v) is 2.15. The summed E-state index contributed by atoms with van der Waals surface area (Å²) >= 11 is 5.66. The molecular weight excluding hydrogens is 244 g/mol. The molecule has 2 rings (SSSR count). The summed E-state index contributed by atoms with van der Waals surface area (Å²) in [6, 6.07) is 1.44. The average Bonchev–Trinajstić information content (AvgIpc) is 2.77. The van der Waals surface area contributed by atoms with Crippen molar-refractivity contribution in [1.82, 2.24) is 25.1 Å². The van der Waals surface area contributed by atoms with Gasteiger partial charge < -0.3 is 5.32 Å². The zero-order valence-electron chi connectivity index (χ0n) is 8.94. The molecule has 8 heteroatoms. The quantitative estimate of drug-likeness (QED) is 0.797. The number of nitrogens with one attached hydrogen (secondary N) is 2. The zero-order chi connectivity index (χ0) is 12.3. The number of amides is 1. The molecule has 88 valence electrons. The average molecular weight is 253 g/mol. The smallest absolute Gasteiger partial charge is 0.296 e. The van der Waals surface area contributed by atoms with Crippen molar-refractivity contribution in [3.63, 3.8) is 0 Å². The molecular formula is C9H9ClN6O. The molecule has 0 spiro atoms. The molecule has 7 nitrogen and oxygen atoms in total. The van der Waals surface area contributed by atoms with Gasteiger partial charge >= 0.3 is 0 Å². The summed E-state index contributed by atoms with van der Waals surface area (Å²) in [6.07, 6.45) is 1.94. The third kappa shape index (κ3) is 2.76. The number of carbonyl (C=O) groups is 1. The van der Waals surface area contributed by atoms with Crippen molar-refractivity contribution in [1.29, 1.82) is 0 Å². The number of H-pyrrole nitrogens is 1. The fourth-order valence-corrected chi connectivity index (χ4v) is 1.28. The predicted molar refractivity (Wildman–Crippen MR) is 60.8 cm³/mol. The van der Waals surface area contributed by atoms with Gasteiger partial charge in [0.15, 0.2) is 0 Å². The molecule has 0 aromatic carbocycles. The highest BCUT2D eigenvalue weighted by atomic mass is 35.5. The molecule has 0 saturated heterocycles. The highest BCUT2D eigenvalue weighted by molar-refractivity contribution is 6.29. The molecule has 1 amide bonds. The molecule has 2 aromatic heterocycles. The number of aromatic amines is 1. The number of nitrogens with zero attached hydrogens (tertiary/aromatic N) is 4. The van der Waals surface area contributed by atoms with E-state index in [0.29, 0.717) is 18.1 Å². The van der Waals surface area contributed by atoms with E-state index >= 15 is 0 Å². The van der Waals surface area contributed by atoms with Gasteiger partial charge in [-0.1, -0.05) is 18.5 Å². The molecule has 2 heterocycles. The Bertz CT molecular complexity index is 540. The maximum absolute atomic E-state index is 11.7. The number of anilines is 1. The normalized spacial score (nSPS) is 10.2. The molecule has 0 atom stereocenters. The van der Waals surface area contributed by atoms with Gasteiger partial charge in [-0.3, -0.25) is 9.89 Å². The van der Waals surface area contributed by atoms with Gasteiger partial charge in [0.1, 0.15) is 23.1 Å². The largest absolute Gasteiger partial charge is 0.304 e.